The van der Waals surface area contributed by atoms with Gasteiger partial charge in [-0.2, -0.15) is 0 Å². The maximum atomic E-state index is 5.80. The summed E-state index contributed by atoms with van der Waals surface area (Å²) in [7, 11) is 0. The average molecular weight is 272 g/mol. The van der Waals surface area contributed by atoms with Crippen LogP contribution in [-0.4, -0.2) is 37.6 Å². The van der Waals surface area contributed by atoms with Crippen molar-refractivity contribution in [2.45, 2.75) is 26.3 Å². The minimum absolute atomic E-state index is 0.189. The smallest absolute Gasteiger partial charge is 0.199 e. The summed E-state index contributed by atoms with van der Waals surface area (Å²) in [6.07, 6.45) is 0.910. The molecule has 3 rings (SSSR count). The monoisotopic (exact) mass is 272 g/mol. The Labute approximate surface area is 119 Å². The van der Waals surface area contributed by atoms with Crippen LogP contribution < -0.4 is 0 Å². The van der Waals surface area contributed by atoms with Gasteiger partial charge < -0.3 is 9.47 Å². The van der Waals surface area contributed by atoms with Crippen molar-refractivity contribution in [2.24, 2.45) is 15.4 Å². The van der Waals surface area contributed by atoms with Gasteiger partial charge in [-0.15, -0.1) is 0 Å². The van der Waals surface area contributed by atoms with Crippen molar-refractivity contribution in [3.05, 3.63) is 35.9 Å². The lowest BCUT2D eigenvalue weighted by Crippen LogP contribution is -2.34. The SMILES string of the molecule is CC(C)(C1=NCCO1)C1=N[C@H](Cc2ccccc2)CO1. The van der Waals surface area contributed by atoms with Crippen LogP contribution in [0.4, 0.5) is 0 Å². The summed E-state index contributed by atoms with van der Waals surface area (Å²) in [6.45, 7) is 6.15. The Morgan fingerprint density at radius 3 is 2.65 bits per heavy atom. The summed E-state index contributed by atoms with van der Waals surface area (Å²) in [5.41, 5.74) is 0.931. The lowest BCUT2D eigenvalue weighted by Gasteiger charge is -2.22. The minimum atomic E-state index is -0.359. The third kappa shape index (κ3) is 2.55. The van der Waals surface area contributed by atoms with Crippen LogP contribution in [0.5, 0.6) is 0 Å². The van der Waals surface area contributed by atoms with Gasteiger partial charge in [0, 0.05) is 0 Å². The Balaban J connectivity index is 1.71. The maximum Gasteiger partial charge on any atom is 0.199 e. The largest absolute Gasteiger partial charge is 0.478 e. The van der Waals surface area contributed by atoms with E-state index in [0.29, 0.717) is 13.2 Å². The van der Waals surface area contributed by atoms with Gasteiger partial charge in [0.05, 0.1) is 12.6 Å². The zero-order chi connectivity index (χ0) is 14.0. The molecule has 1 aromatic rings. The molecule has 0 radical (unpaired) electrons. The van der Waals surface area contributed by atoms with E-state index < -0.39 is 0 Å². The number of hydrogen-bond acceptors (Lipinski definition) is 4. The fourth-order valence-electron chi connectivity index (χ4n) is 2.55. The minimum Gasteiger partial charge on any atom is -0.478 e. The Bertz CT molecular complexity index is 535. The summed E-state index contributed by atoms with van der Waals surface area (Å²) in [5, 5.41) is 0. The van der Waals surface area contributed by atoms with Gasteiger partial charge in [-0.25, -0.2) is 4.99 Å². The van der Waals surface area contributed by atoms with Crippen molar-refractivity contribution in [3.63, 3.8) is 0 Å². The quantitative estimate of drug-likeness (QED) is 0.845. The molecule has 0 saturated carbocycles. The van der Waals surface area contributed by atoms with Crippen molar-refractivity contribution in [1.29, 1.82) is 0 Å². The van der Waals surface area contributed by atoms with E-state index in [9.17, 15) is 0 Å². The van der Waals surface area contributed by atoms with Crippen molar-refractivity contribution < 1.29 is 9.47 Å². The highest BCUT2D eigenvalue weighted by molar-refractivity contribution is 6.05. The Kier molecular flexibility index (Phi) is 3.47. The summed E-state index contributed by atoms with van der Waals surface area (Å²) in [5.74, 6) is 1.50. The summed E-state index contributed by atoms with van der Waals surface area (Å²) >= 11 is 0. The average Bonchev–Trinajstić information content (AvgIpc) is 3.11. The molecule has 2 aliphatic rings. The van der Waals surface area contributed by atoms with E-state index in [1.165, 1.54) is 5.56 Å². The predicted octanol–water partition coefficient (Wildman–Crippen LogP) is 2.48. The van der Waals surface area contributed by atoms with Crippen molar-refractivity contribution >= 4 is 11.8 Å². The molecule has 0 aromatic heterocycles. The van der Waals surface area contributed by atoms with Gasteiger partial charge in [0.15, 0.2) is 11.8 Å². The van der Waals surface area contributed by atoms with E-state index in [1.807, 2.05) is 6.07 Å². The van der Waals surface area contributed by atoms with Gasteiger partial charge >= 0.3 is 0 Å². The highest BCUT2D eigenvalue weighted by atomic mass is 16.5. The zero-order valence-corrected chi connectivity index (χ0v) is 12.0. The Morgan fingerprint density at radius 2 is 1.95 bits per heavy atom. The Morgan fingerprint density at radius 1 is 1.15 bits per heavy atom. The molecule has 0 aliphatic carbocycles. The number of nitrogens with zero attached hydrogens (tertiary/aromatic N) is 2. The first kappa shape index (κ1) is 13.2. The molecule has 20 heavy (non-hydrogen) atoms. The summed E-state index contributed by atoms with van der Waals surface area (Å²) in [6, 6.07) is 10.6. The number of benzene rings is 1. The molecule has 0 N–H and O–H groups in total. The molecule has 0 bridgehead atoms. The molecule has 0 spiro atoms. The van der Waals surface area contributed by atoms with Gasteiger partial charge in [0.25, 0.3) is 0 Å². The summed E-state index contributed by atoms with van der Waals surface area (Å²) in [4.78, 5) is 9.13. The van der Waals surface area contributed by atoms with E-state index in [2.05, 4.69) is 43.1 Å². The third-order valence-corrected chi connectivity index (χ3v) is 3.68. The highest BCUT2D eigenvalue weighted by Gasteiger charge is 2.39. The molecule has 4 heteroatoms. The van der Waals surface area contributed by atoms with Crippen LogP contribution in [0, 0.1) is 5.41 Å². The van der Waals surface area contributed by atoms with Crippen LogP contribution in [0.3, 0.4) is 0 Å². The van der Waals surface area contributed by atoms with Gasteiger partial charge in [-0.05, 0) is 25.8 Å². The molecule has 2 heterocycles. The molecular formula is C16H20N2O2. The second-order valence-corrected chi connectivity index (χ2v) is 5.75. The molecule has 0 amide bonds. The number of rotatable bonds is 4. The molecule has 106 valence electrons. The molecule has 0 fully saturated rings. The van der Waals surface area contributed by atoms with E-state index in [0.717, 1.165) is 24.8 Å². The van der Waals surface area contributed by atoms with Gasteiger partial charge in [0.1, 0.15) is 18.6 Å². The first-order valence-corrected chi connectivity index (χ1v) is 7.09. The fraction of sp³-hybridized carbons (Fsp3) is 0.500. The van der Waals surface area contributed by atoms with Gasteiger partial charge in [-0.3, -0.25) is 4.99 Å². The van der Waals surface area contributed by atoms with Crippen molar-refractivity contribution in [2.75, 3.05) is 19.8 Å². The first-order valence-electron chi connectivity index (χ1n) is 7.09. The molecule has 4 nitrogen and oxygen atoms in total. The summed E-state index contributed by atoms with van der Waals surface area (Å²) < 4.78 is 11.4. The number of aliphatic imine (C=N–C) groups is 2. The Hall–Kier alpha value is -1.84. The zero-order valence-electron chi connectivity index (χ0n) is 12.0. The van der Waals surface area contributed by atoms with Crippen LogP contribution in [0.2, 0.25) is 0 Å². The van der Waals surface area contributed by atoms with E-state index in [-0.39, 0.29) is 11.5 Å². The van der Waals surface area contributed by atoms with Crippen LogP contribution >= 0.6 is 0 Å². The topological polar surface area (TPSA) is 43.2 Å². The molecule has 2 aliphatic heterocycles. The van der Waals surface area contributed by atoms with E-state index >= 15 is 0 Å². The molecular weight excluding hydrogens is 252 g/mol. The normalized spacial score (nSPS) is 22.0. The van der Waals surface area contributed by atoms with Crippen molar-refractivity contribution in [3.8, 4) is 0 Å². The van der Waals surface area contributed by atoms with E-state index in [1.54, 1.807) is 0 Å². The molecule has 1 atom stereocenters. The van der Waals surface area contributed by atoms with Gasteiger partial charge in [0.2, 0.25) is 0 Å². The van der Waals surface area contributed by atoms with Crippen LogP contribution in [0.25, 0.3) is 0 Å². The van der Waals surface area contributed by atoms with Crippen molar-refractivity contribution in [1.82, 2.24) is 0 Å². The van der Waals surface area contributed by atoms with Crippen LogP contribution in [-0.2, 0) is 15.9 Å². The van der Waals surface area contributed by atoms with E-state index in [4.69, 9.17) is 14.5 Å². The third-order valence-electron chi connectivity index (χ3n) is 3.68. The fourth-order valence-corrected chi connectivity index (χ4v) is 2.55. The molecule has 1 aromatic carbocycles. The maximum absolute atomic E-state index is 5.80. The predicted molar refractivity (Wildman–Crippen MR) is 79.4 cm³/mol. The van der Waals surface area contributed by atoms with Crippen LogP contribution in [0.1, 0.15) is 19.4 Å². The number of ether oxygens (including phenoxy) is 2. The lowest BCUT2D eigenvalue weighted by atomic mass is 9.93. The van der Waals surface area contributed by atoms with Crippen LogP contribution in [0.15, 0.2) is 40.3 Å². The number of hydrogen-bond donors (Lipinski definition) is 0. The standard InChI is InChI=1S/C16H20N2O2/c1-16(2,14-17-8-9-19-14)15-18-13(11-20-15)10-12-6-4-3-5-7-12/h3-7,13H,8-11H2,1-2H3/t13-/m1/s1. The van der Waals surface area contributed by atoms with Gasteiger partial charge in [-0.1, -0.05) is 30.3 Å². The molecule has 0 unspecified atom stereocenters. The first-order chi connectivity index (χ1) is 9.66. The second-order valence-electron chi connectivity index (χ2n) is 5.75. The lowest BCUT2D eigenvalue weighted by molar-refractivity contribution is 0.271. The second kappa shape index (κ2) is 5.27. The molecule has 0 saturated heterocycles. The highest BCUT2D eigenvalue weighted by Crippen LogP contribution is 2.28.